The number of carbonyl (C=O) groups excluding carboxylic acids is 1. The van der Waals surface area contributed by atoms with Crippen molar-refractivity contribution in [3.8, 4) is 0 Å². The largest absolute Gasteiger partial charge is 0.454 e. The number of aromatic nitrogens is 1. The third-order valence-corrected chi connectivity index (χ3v) is 2.65. The molecule has 2 nitrogen and oxygen atoms in total. The molecule has 0 N–H and O–H groups in total. The van der Waals surface area contributed by atoms with Crippen LogP contribution in [0.5, 0.6) is 0 Å². The zero-order valence-electron chi connectivity index (χ0n) is 9.92. The molecule has 0 aliphatic heterocycles. The van der Waals surface area contributed by atoms with Gasteiger partial charge in [-0.25, -0.2) is 8.78 Å². The quantitative estimate of drug-likeness (QED) is 0.625. The van der Waals surface area contributed by atoms with Crippen LogP contribution in [0.4, 0.5) is 22.0 Å². The Balaban J connectivity index is 2.22. The van der Waals surface area contributed by atoms with Crippen molar-refractivity contribution in [2.24, 2.45) is 0 Å². The van der Waals surface area contributed by atoms with E-state index in [1.807, 2.05) is 0 Å². The number of hydrogen-bond acceptors (Lipinski definition) is 1. The van der Waals surface area contributed by atoms with E-state index in [0.717, 1.165) is 18.3 Å². The Bertz CT molecular complexity index is 644. The van der Waals surface area contributed by atoms with Gasteiger partial charge in [0.15, 0.2) is 11.6 Å². The van der Waals surface area contributed by atoms with E-state index in [0.29, 0.717) is 0 Å². The minimum Gasteiger partial charge on any atom is -0.349 e. The second-order valence-corrected chi connectivity index (χ2v) is 4.11. The fourth-order valence-corrected chi connectivity index (χ4v) is 1.70. The van der Waals surface area contributed by atoms with Gasteiger partial charge in [0.1, 0.15) is 0 Å². The van der Waals surface area contributed by atoms with Gasteiger partial charge in [0.2, 0.25) is 0 Å². The van der Waals surface area contributed by atoms with Crippen LogP contribution >= 0.6 is 0 Å². The lowest BCUT2D eigenvalue weighted by atomic mass is 10.2. The van der Waals surface area contributed by atoms with Crippen molar-refractivity contribution < 1.29 is 26.7 Å². The summed E-state index contributed by atoms with van der Waals surface area (Å²) in [5.74, 6) is -4.08. The summed E-state index contributed by atoms with van der Waals surface area (Å²) in [6.45, 7) is -0.172. The Morgan fingerprint density at radius 1 is 1.15 bits per heavy atom. The van der Waals surface area contributed by atoms with Gasteiger partial charge in [0.25, 0.3) is 5.78 Å². The van der Waals surface area contributed by atoms with Crippen LogP contribution in [0.3, 0.4) is 0 Å². The molecule has 0 spiro atoms. The van der Waals surface area contributed by atoms with Crippen molar-refractivity contribution in [1.82, 2.24) is 4.57 Å². The SMILES string of the molecule is O=C(c1ccn(Cc2cccc(F)c2F)c1)C(F)(F)F. The summed E-state index contributed by atoms with van der Waals surface area (Å²) in [5, 5.41) is 0. The van der Waals surface area contributed by atoms with Gasteiger partial charge in [-0.2, -0.15) is 13.2 Å². The van der Waals surface area contributed by atoms with Crippen LogP contribution < -0.4 is 0 Å². The zero-order chi connectivity index (χ0) is 14.9. The van der Waals surface area contributed by atoms with Crippen molar-refractivity contribution in [2.45, 2.75) is 12.7 Å². The van der Waals surface area contributed by atoms with Crippen LogP contribution in [0.1, 0.15) is 15.9 Å². The second kappa shape index (κ2) is 5.07. The molecule has 106 valence electrons. The van der Waals surface area contributed by atoms with Gasteiger partial charge in [0, 0.05) is 23.5 Å². The molecule has 20 heavy (non-hydrogen) atoms. The van der Waals surface area contributed by atoms with Gasteiger partial charge in [-0.3, -0.25) is 4.79 Å². The number of hydrogen-bond donors (Lipinski definition) is 0. The van der Waals surface area contributed by atoms with Crippen molar-refractivity contribution in [3.63, 3.8) is 0 Å². The number of carbonyl (C=O) groups is 1. The van der Waals surface area contributed by atoms with Crippen molar-refractivity contribution in [3.05, 3.63) is 59.4 Å². The third-order valence-electron chi connectivity index (χ3n) is 2.65. The molecule has 0 bridgehead atoms. The molecule has 2 aromatic rings. The monoisotopic (exact) mass is 289 g/mol. The van der Waals surface area contributed by atoms with Crippen LogP contribution in [0.25, 0.3) is 0 Å². The number of alkyl halides is 3. The van der Waals surface area contributed by atoms with E-state index in [-0.39, 0.29) is 12.1 Å². The van der Waals surface area contributed by atoms with E-state index in [9.17, 15) is 26.7 Å². The maximum Gasteiger partial charge on any atom is 0.454 e. The number of nitrogens with zero attached hydrogens (tertiary/aromatic N) is 1. The predicted molar refractivity (Wildman–Crippen MR) is 60.3 cm³/mol. The molecule has 0 aliphatic carbocycles. The van der Waals surface area contributed by atoms with Crippen molar-refractivity contribution in [1.29, 1.82) is 0 Å². The highest BCUT2D eigenvalue weighted by Gasteiger charge is 2.39. The van der Waals surface area contributed by atoms with Crippen LogP contribution in [-0.4, -0.2) is 16.5 Å². The predicted octanol–water partition coefficient (Wildman–Crippen LogP) is 3.56. The number of Topliss-reactive ketones (excluding diaryl/α,β-unsaturated/α-hetero) is 1. The number of ketones is 1. The zero-order valence-corrected chi connectivity index (χ0v) is 9.92. The van der Waals surface area contributed by atoms with E-state index in [1.54, 1.807) is 0 Å². The van der Waals surface area contributed by atoms with Crippen LogP contribution in [-0.2, 0) is 6.54 Å². The van der Waals surface area contributed by atoms with Gasteiger partial charge < -0.3 is 4.57 Å². The summed E-state index contributed by atoms with van der Waals surface area (Å²) in [6.07, 6.45) is -2.82. The molecule has 0 unspecified atom stereocenters. The summed E-state index contributed by atoms with van der Waals surface area (Å²) in [4.78, 5) is 11.0. The molecule has 0 saturated heterocycles. The first-order valence-electron chi connectivity index (χ1n) is 5.49. The summed E-state index contributed by atoms with van der Waals surface area (Å²) < 4.78 is 64.2. The molecule has 0 radical (unpaired) electrons. The average Bonchev–Trinajstić information content (AvgIpc) is 2.81. The maximum absolute atomic E-state index is 13.4. The lowest BCUT2D eigenvalue weighted by Gasteiger charge is -2.05. The summed E-state index contributed by atoms with van der Waals surface area (Å²) in [5.41, 5.74) is -0.569. The minimum absolute atomic E-state index is 0.0217. The summed E-state index contributed by atoms with van der Waals surface area (Å²) in [6, 6.07) is 4.52. The third kappa shape index (κ3) is 2.87. The van der Waals surface area contributed by atoms with Crippen LogP contribution in [0, 0.1) is 11.6 Å². The van der Waals surface area contributed by atoms with Crippen LogP contribution in [0.15, 0.2) is 36.7 Å². The molecule has 0 amide bonds. The Morgan fingerprint density at radius 3 is 2.50 bits per heavy atom. The minimum atomic E-state index is -4.96. The van der Waals surface area contributed by atoms with Gasteiger partial charge in [-0.05, 0) is 12.1 Å². The molecule has 1 aromatic heterocycles. The lowest BCUT2D eigenvalue weighted by molar-refractivity contribution is -0.0885. The first kappa shape index (κ1) is 14.2. The van der Waals surface area contributed by atoms with Crippen molar-refractivity contribution in [2.75, 3.05) is 0 Å². The highest BCUT2D eigenvalue weighted by Crippen LogP contribution is 2.22. The Labute approximate surface area is 110 Å². The Morgan fingerprint density at radius 2 is 1.85 bits per heavy atom. The number of halogens is 5. The van der Waals surface area contributed by atoms with Gasteiger partial charge >= 0.3 is 6.18 Å². The van der Waals surface area contributed by atoms with Gasteiger partial charge in [-0.1, -0.05) is 12.1 Å². The summed E-state index contributed by atoms with van der Waals surface area (Å²) >= 11 is 0. The lowest BCUT2D eigenvalue weighted by Crippen LogP contribution is -2.22. The molecular formula is C13H8F5NO. The standard InChI is InChI=1S/C13H8F5NO/c14-10-3-1-2-8(11(10)15)6-19-5-4-9(7-19)12(20)13(16,17)18/h1-5,7H,6H2. The molecule has 7 heteroatoms. The van der Waals surface area contributed by atoms with E-state index in [1.165, 1.54) is 22.9 Å². The molecule has 0 fully saturated rings. The van der Waals surface area contributed by atoms with Crippen molar-refractivity contribution >= 4 is 5.78 Å². The van der Waals surface area contributed by atoms with E-state index < -0.39 is 29.2 Å². The molecule has 0 atom stereocenters. The maximum atomic E-state index is 13.4. The first-order chi connectivity index (χ1) is 9.29. The molecule has 1 heterocycles. The van der Waals surface area contributed by atoms with E-state index in [2.05, 4.69) is 0 Å². The number of benzene rings is 1. The first-order valence-corrected chi connectivity index (χ1v) is 5.49. The molecule has 2 rings (SSSR count). The molecule has 0 aliphatic rings. The Kier molecular flexibility index (Phi) is 3.61. The van der Waals surface area contributed by atoms with E-state index in [4.69, 9.17) is 0 Å². The number of rotatable bonds is 3. The molecule has 0 saturated carbocycles. The van der Waals surface area contributed by atoms with Gasteiger partial charge in [0.05, 0.1) is 6.54 Å². The fraction of sp³-hybridized carbons (Fsp3) is 0.154. The van der Waals surface area contributed by atoms with Gasteiger partial charge in [-0.15, -0.1) is 0 Å². The molecule has 1 aromatic carbocycles. The Hall–Kier alpha value is -2.18. The molecular weight excluding hydrogens is 281 g/mol. The topological polar surface area (TPSA) is 22.0 Å². The van der Waals surface area contributed by atoms with Crippen LogP contribution in [0.2, 0.25) is 0 Å². The normalized spacial score (nSPS) is 11.7. The summed E-state index contributed by atoms with van der Waals surface area (Å²) in [7, 11) is 0. The highest BCUT2D eigenvalue weighted by atomic mass is 19.4. The fourth-order valence-electron chi connectivity index (χ4n) is 1.70. The highest BCUT2D eigenvalue weighted by molar-refractivity contribution is 6.00. The average molecular weight is 289 g/mol. The smallest absolute Gasteiger partial charge is 0.349 e. The van der Waals surface area contributed by atoms with E-state index >= 15 is 0 Å². The second-order valence-electron chi connectivity index (χ2n) is 4.11.